The van der Waals surface area contributed by atoms with Crippen molar-refractivity contribution in [2.45, 2.75) is 31.1 Å². The van der Waals surface area contributed by atoms with E-state index in [1.54, 1.807) is 14.2 Å². The fraction of sp³-hybridized carbons (Fsp3) is 0.300. The number of methoxy groups -OCH3 is 2. The Bertz CT molecular complexity index is 1070. The summed E-state index contributed by atoms with van der Waals surface area (Å²) < 4.78 is 44.6. The maximum atomic E-state index is 11.8. The van der Waals surface area contributed by atoms with E-state index in [2.05, 4.69) is 6.92 Å². The molecule has 3 rings (SSSR count). The molecule has 0 saturated heterocycles. The summed E-state index contributed by atoms with van der Waals surface area (Å²) >= 11 is 0. The summed E-state index contributed by atoms with van der Waals surface area (Å²) in [6, 6.07) is 10.7. The summed E-state index contributed by atoms with van der Waals surface area (Å²) in [5, 5.41) is 3.16. The van der Waals surface area contributed by atoms with Crippen molar-refractivity contribution in [3.8, 4) is 11.5 Å². The minimum atomic E-state index is -4.34. The molecule has 5 nitrogen and oxygen atoms in total. The molecule has 1 N–H and O–H groups in total. The van der Waals surface area contributed by atoms with Crippen LogP contribution in [0.2, 0.25) is 0 Å². The van der Waals surface area contributed by atoms with E-state index in [1.165, 1.54) is 12.1 Å². The van der Waals surface area contributed by atoms with Gasteiger partial charge in [0.2, 0.25) is 0 Å². The van der Waals surface area contributed by atoms with Gasteiger partial charge in [0.05, 0.1) is 19.1 Å². The normalized spacial score (nSPS) is 11.8. The van der Waals surface area contributed by atoms with Crippen molar-refractivity contribution in [1.82, 2.24) is 0 Å². The molecule has 26 heavy (non-hydrogen) atoms. The van der Waals surface area contributed by atoms with Crippen LogP contribution in [0.1, 0.15) is 25.3 Å². The average molecular weight is 374 g/mol. The van der Waals surface area contributed by atoms with Crippen molar-refractivity contribution < 1.29 is 22.4 Å². The monoisotopic (exact) mass is 374 g/mol. The molecule has 0 atom stereocenters. The van der Waals surface area contributed by atoms with Gasteiger partial charge in [-0.3, -0.25) is 4.55 Å². The zero-order chi connectivity index (χ0) is 18.9. The second-order valence-electron chi connectivity index (χ2n) is 6.20. The molecular formula is C20H22O5S. The largest absolute Gasteiger partial charge is 0.495 e. The van der Waals surface area contributed by atoms with Crippen LogP contribution in [-0.2, 0) is 16.5 Å². The second-order valence-corrected chi connectivity index (χ2v) is 7.62. The zero-order valence-corrected chi connectivity index (χ0v) is 15.9. The summed E-state index contributed by atoms with van der Waals surface area (Å²) in [5.41, 5.74) is 0.817. The van der Waals surface area contributed by atoms with Gasteiger partial charge in [0.25, 0.3) is 10.1 Å². The van der Waals surface area contributed by atoms with E-state index >= 15 is 0 Å². The summed E-state index contributed by atoms with van der Waals surface area (Å²) in [5.74, 6) is 1.25. The van der Waals surface area contributed by atoms with Crippen LogP contribution in [0, 0.1) is 0 Å². The molecule has 0 aromatic heterocycles. The Morgan fingerprint density at radius 2 is 1.58 bits per heavy atom. The van der Waals surface area contributed by atoms with Gasteiger partial charge < -0.3 is 9.47 Å². The first-order chi connectivity index (χ1) is 12.4. The molecule has 6 heteroatoms. The van der Waals surface area contributed by atoms with E-state index in [9.17, 15) is 13.0 Å². The Labute approximate surface area is 153 Å². The van der Waals surface area contributed by atoms with Gasteiger partial charge in [0, 0.05) is 21.5 Å². The number of aryl methyl sites for hydroxylation is 1. The molecule has 0 spiro atoms. The number of rotatable bonds is 6. The molecule has 0 bridgehead atoms. The Morgan fingerprint density at radius 1 is 0.962 bits per heavy atom. The van der Waals surface area contributed by atoms with Gasteiger partial charge in [-0.25, -0.2) is 0 Å². The molecule has 3 aromatic carbocycles. The van der Waals surface area contributed by atoms with Gasteiger partial charge in [-0.1, -0.05) is 37.6 Å². The van der Waals surface area contributed by atoms with Crippen LogP contribution in [0.3, 0.4) is 0 Å². The van der Waals surface area contributed by atoms with E-state index in [4.69, 9.17) is 9.47 Å². The molecule has 3 aromatic rings. The Morgan fingerprint density at radius 3 is 2.12 bits per heavy atom. The molecule has 0 fully saturated rings. The van der Waals surface area contributed by atoms with Gasteiger partial charge in [-0.2, -0.15) is 8.42 Å². The Hall–Kier alpha value is -2.31. The Balaban J connectivity index is 2.55. The van der Waals surface area contributed by atoms with E-state index in [1.807, 2.05) is 24.3 Å². The zero-order valence-electron chi connectivity index (χ0n) is 15.1. The third-order valence-corrected chi connectivity index (χ3v) is 5.42. The number of benzene rings is 3. The first-order valence-corrected chi connectivity index (χ1v) is 9.93. The minimum absolute atomic E-state index is 0.133. The molecule has 0 heterocycles. The average Bonchev–Trinajstić information content (AvgIpc) is 2.63. The maximum absolute atomic E-state index is 11.8. The third-order valence-electron chi connectivity index (χ3n) is 4.59. The molecule has 0 radical (unpaired) electrons. The van der Waals surface area contributed by atoms with Gasteiger partial charge in [-0.05, 0) is 30.5 Å². The highest BCUT2D eigenvalue weighted by Crippen LogP contribution is 2.45. The third kappa shape index (κ3) is 3.10. The van der Waals surface area contributed by atoms with Crippen LogP contribution in [0.25, 0.3) is 21.5 Å². The van der Waals surface area contributed by atoms with Crippen LogP contribution < -0.4 is 9.47 Å². The van der Waals surface area contributed by atoms with Gasteiger partial charge >= 0.3 is 0 Å². The van der Waals surface area contributed by atoms with E-state index in [0.717, 1.165) is 34.6 Å². The molecule has 0 aliphatic heterocycles. The molecule has 138 valence electrons. The van der Waals surface area contributed by atoms with Crippen molar-refractivity contribution in [2.75, 3.05) is 14.2 Å². The van der Waals surface area contributed by atoms with Crippen molar-refractivity contribution >= 4 is 31.7 Å². The highest BCUT2D eigenvalue weighted by Gasteiger charge is 2.21. The fourth-order valence-corrected chi connectivity index (χ4v) is 3.98. The highest BCUT2D eigenvalue weighted by molar-refractivity contribution is 7.85. The molecule has 0 aliphatic rings. The van der Waals surface area contributed by atoms with Crippen molar-refractivity contribution in [2.24, 2.45) is 0 Å². The van der Waals surface area contributed by atoms with E-state index in [-0.39, 0.29) is 4.90 Å². The highest BCUT2D eigenvalue weighted by atomic mass is 32.2. The van der Waals surface area contributed by atoms with Crippen molar-refractivity contribution in [1.29, 1.82) is 0 Å². The summed E-state index contributed by atoms with van der Waals surface area (Å²) in [4.78, 5) is -0.133. The summed E-state index contributed by atoms with van der Waals surface area (Å²) in [6.07, 6.45) is 2.53. The van der Waals surface area contributed by atoms with Gasteiger partial charge in [0.1, 0.15) is 11.5 Å². The minimum Gasteiger partial charge on any atom is -0.495 e. The Kier molecular flexibility index (Phi) is 5.07. The standard InChI is InChI=1S/C20H22O5S/c1-4-5-8-13-11-14(26(21,22)23)12-17-18(13)20(25-3)16-10-7-6-9-15(16)19(17)24-2/h6-7,9-12H,4-5,8H2,1-3H3,(H,21,22,23). The fourth-order valence-electron chi connectivity index (χ4n) is 3.42. The maximum Gasteiger partial charge on any atom is 0.294 e. The number of ether oxygens (including phenoxy) is 2. The first-order valence-electron chi connectivity index (χ1n) is 8.49. The van der Waals surface area contributed by atoms with E-state index in [0.29, 0.717) is 23.3 Å². The molecule has 0 unspecified atom stereocenters. The number of unbranched alkanes of at least 4 members (excludes halogenated alkanes) is 1. The summed E-state index contributed by atoms with van der Waals surface area (Å²) in [6.45, 7) is 2.07. The summed E-state index contributed by atoms with van der Waals surface area (Å²) in [7, 11) is -1.18. The lowest BCUT2D eigenvalue weighted by Crippen LogP contribution is -2.02. The van der Waals surface area contributed by atoms with Crippen LogP contribution in [0.15, 0.2) is 41.3 Å². The first kappa shape index (κ1) is 18.5. The van der Waals surface area contributed by atoms with Gasteiger partial charge in [-0.15, -0.1) is 0 Å². The number of hydrogen-bond acceptors (Lipinski definition) is 4. The second kappa shape index (κ2) is 7.13. The lowest BCUT2D eigenvalue weighted by molar-refractivity contribution is 0.417. The predicted octanol–water partition coefficient (Wildman–Crippen LogP) is 4.60. The molecule has 0 saturated carbocycles. The molecular weight excluding hydrogens is 352 g/mol. The van der Waals surface area contributed by atoms with Crippen molar-refractivity contribution in [3.63, 3.8) is 0 Å². The molecule has 0 amide bonds. The van der Waals surface area contributed by atoms with Crippen LogP contribution >= 0.6 is 0 Å². The van der Waals surface area contributed by atoms with Gasteiger partial charge in [0.15, 0.2) is 0 Å². The predicted molar refractivity (Wildman–Crippen MR) is 103 cm³/mol. The smallest absolute Gasteiger partial charge is 0.294 e. The lowest BCUT2D eigenvalue weighted by atomic mass is 9.94. The lowest BCUT2D eigenvalue weighted by Gasteiger charge is -2.18. The quantitative estimate of drug-likeness (QED) is 0.504. The van der Waals surface area contributed by atoms with E-state index < -0.39 is 10.1 Å². The van der Waals surface area contributed by atoms with Crippen LogP contribution in [0.4, 0.5) is 0 Å². The number of fused-ring (bicyclic) bond motifs is 2. The molecule has 0 aliphatic carbocycles. The van der Waals surface area contributed by atoms with Crippen molar-refractivity contribution in [3.05, 3.63) is 42.0 Å². The van der Waals surface area contributed by atoms with Crippen LogP contribution in [-0.4, -0.2) is 27.2 Å². The SMILES string of the molecule is CCCCc1cc(S(=O)(=O)O)cc2c(OC)c3ccccc3c(OC)c12. The topological polar surface area (TPSA) is 72.8 Å². The number of hydrogen-bond donors (Lipinski definition) is 1. The van der Waals surface area contributed by atoms with Crippen LogP contribution in [0.5, 0.6) is 11.5 Å².